The zero-order valence-electron chi connectivity index (χ0n) is 11.0. The van der Waals surface area contributed by atoms with Crippen LogP contribution in [0, 0.1) is 13.8 Å². The number of aliphatic hydroxyl groups excluding tert-OH is 1. The lowest BCUT2D eigenvalue weighted by Gasteiger charge is -2.12. The Labute approximate surface area is 111 Å². The molecule has 2 unspecified atom stereocenters. The molecule has 0 bridgehead atoms. The van der Waals surface area contributed by atoms with Crippen LogP contribution in [0.25, 0.3) is 0 Å². The van der Waals surface area contributed by atoms with Crippen molar-refractivity contribution in [3.05, 3.63) is 29.3 Å². The Hall–Kier alpha value is -0.710. The molecule has 1 saturated carbocycles. The highest BCUT2D eigenvalue weighted by atomic mass is 32.2. The standard InChI is InChI=1S/C14H21NO2S/c1-10-3-6-14(7-11(10)2)18(17)9-13(16)8-15-12-4-5-12/h3,6-7,12-13,15-16H,4-5,8-9H2,1-2H3. The summed E-state index contributed by atoms with van der Waals surface area (Å²) >= 11 is 0. The van der Waals surface area contributed by atoms with E-state index in [0.29, 0.717) is 18.3 Å². The minimum absolute atomic E-state index is 0.308. The van der Waals surface area contributed by atoms with Crippen LogP contribution in [-0.2, 0) is 10.8 Å². The van der Waals surface area contributed by atoms with Crippen LogP contribution < -0.4 is 5.32 Å². The molecule has 0 heterocycles. The molecular weight excluding hydrogens is 246 g/mol. The van der Waals surface area contributed by atoms with Gasteiger partial charge in [0.25, 0.3) is 0 Å². The van der Waals surface area contributed by atoms with Crippen molar-refractivity contribution in [2.75, 3.05) is 12.3 Å². The molecule has 1 aromatic carbocycles. The van der Waals surface area contributed by atoms with Gasteiger partial charge in [-0.05, 0) is 49.9 Å². The third-order valence-electron chi connectivity index (χ3n) is 3.30. The van der Waals surface area contributed by atoms with Crippen LogP contribution in [0.1, 0.15) is 24.0 Å². The van der Waals surface area contributed by atoms with Gasteiger partial charge in [0.1, 0.15) is 0 Å². The first-order chi connectivity index (χ1) is 8.56. The van der Waals surface area contributed by atoms with E-state index in [9.17, 15) is 9.32 Å². The number of rotatable bonds is 6. The van der Waals surface area contributed by atoms with Crippen molar-refractivity contribution in [1.29, 1.82) is 0 Å². The maximum atomic E-state index is 12.1. The van der Waals surface area contributed by atoms with Crippen molar-refractivity contribution in [3.8, 4) is 0 Å². The first-order valence-electron chi connectivity index (χ1n) is 6.43. The molecule has 2 N–H and O–H groups in total. The zero-order chi connectivity index (χ0) is 13.1. The SMILES string of the molecule is Cc1ccc(S(=O)CC(O)CNC2CC2)cc1C. The summed E-state index contributed by atoms with van der Waals surface area (Å²) < 4.78 is 12.1. The molecule has 1 aliphatic carbocycles. The smallest absolute Gasteiger partial charge is 0.0783 e. The molecule has 1 aliphatic rings. The minimum atomic E-state index is -1.12. The average Bonchev–Trinajstić information content (AvgIpc) is 3.14. The molecule has 0 saturated heterocycles. The summed E-state index contributed by atoms with van der Waals surface area (Å²) in [5.74, 6) is 0.308. The largest absolute Gasteiger partial charge is 0.391 e. The predicted molar refractivity (Wildman–Crippen MR) is 74.2 cm³/mol. The van der Waals surface area contributed by atoms with Crippen molar-refractivity contribution < 1.29 is 9.32 Å². The monoisotopic (exact) mass is 267 g/mol. The number of benzene rings is 1. The molecule has 3 nitrogen and oxygen atoms in total. The van der Waals surface area contributed by atoms with E-state index in [1.54, 1.807) is 0 Å². The van der Waals surface area contributed by atoms with Gasteiger partial charge in [-0.1, -0.05) is 6.07 Å². The Morgan fingerprint density at radius 1 is 1.39 bits per heavy atom. The summed E-state index contributed by atoms with van der Waals surface area (Å²) in [4.78, 5) is 0.809. The number of hydrogen-bond acceptors (Lipinski definition) is 3. The van der Waals surface area contributed by atoms with E-state index in [-0.39, 0.29) is 0 Å². The summed E-state index contributed by atoms with van der Waals surface area (Å²) in [6.45, 7) is 4.60. The molecule has 2 atom stereocenters. The van der Waals surface area contributed by atoms with Crippen LogP contribution >= 0.6 is 0 Å². The molecule has 0 spiro atoms. The lowest BCUT2D eigenvalue weighted by molar-refractivity contribution is 0.194. The van der Waals surface area contributed by atoms with Crippen molar-refractivity contribution in [2.45, 2.75) is 43.7 Å². The summed E-state index contributed by atoms with van der Waals surface area (Å²) in [6.07, 6.45) is 1.87. The van der Waals surface area contributed by atoms with E-state index in [1.807, 2.05) is 32.0 Å². The third kappa shape index (κ3) is 3.90. The van der Waals surface area contributed by atoms with E-state index in [4.69, 9.17) is 0 Å². The van der Waals surface area contributed by atoms with Crippen LogP contribution in [0.2, 0.25) is 0 Å². The molecule has 2 rings (SSSR count). The molecule has 1 fully saturated rings. The van der Waals surface area contributed by atoms with Crippen LogP contribution in [0.5, 0.6) is 0 Å². The van der Waals surface area contributed by atoms with E-state index in [2.05, 4.69) is 5.32 Å². The number of nitrogens with one attached hydrogen (secondary N) is 1. The number of aryl methyl sites for hydroxylation is 2. The highest BCUT2D eigenvalue weighted by Crippen LogP contribution is 2.18. The molecule has 0 radical (unpaired) electrons. The fourth-order valence-electron chi connectivity index (χ4n) is 1.78. The molecule has 0 amide bonds. The zero-order valence-corrected chi connectivity index (χ0v) is 11.8. The highest BCUT2D eigenvalue weighted by Gasteiger charge is 2.22. The van der Waals surface area contributed by atoms with Gasteiger partial charge in [0.05, 0.1) is 22.7 Å². The highest BCUT2D eigenvalue weighted by molar-refractivity contribution is 7.85. The van der Waals surface area contributed by atoms with Gasteiger partial charge in [-0.25, -0.2) is 0 Å². The van der Waals surface area contributed by atoms with Crippen LogP contribution in [0.3, 0.4) is 0 Å². The van der Waals surface area contributed by atoms with Gasteiger partial charge in [-0.3, -0.25) is 4.21 Å². The third-order valence-corrected chi connectivity index (χ3v) is 4.77. The van der Waals surface area contributed by atoms with Gasteiger partial charge in [-0.2, -0.15) is 0 Å². The van der Waals surface area contributed by atoms with Crippen molar-refractivity contribution in [2.24, 2.45) is 0 Å². The predicted octanol–water partition coefficient (Wildman–Crippen LogP) is 1.52. The lowest BCUT2D eigenvalue weighted by Crippen LogP contribution is -2.32. The number of aliphatic hydroxyl groups is 1. The van der Waals surface area contributed by atoms with Gasteiger partial charge in [0.15, 0.2) is 0 Å². The molecule has 1 aromatic rings. The first kappa shape index (κ1) is 13.7. The van der Waals surface area contributed by atoms with Crippen molar-refractivity contribution >= 4 is 10.8 Å². The maximum absolute atomic E-state index is 12.1. The van der Waals surface area contributed by atoms with Crippen LogP contribution in [-0.4, -0.2) is 33.8 Å². The van der Waals surface area contributed by atoms with E-state index in [1.165, 1.54) is 18.4 Å². The Morgan fingerprint density at radius 2 is 2.11 bits per heavy atom. The van der Waals surface area contributed by atoms with E-state index >= 15 is 0 Å². The van der Waals surface area contributed by atoms with E-state index < -0.39 is 16.9 Å². The second-order valence-electron chi connectivity index (χ2n) is 5.09. The molecule has 18 heavy (non-hydrogen) atoms. The normalized spacial score (nSPS) is 18.6. The molecule has 4 heteroatoms. The molecule has 100 valence electrons. The Morgan fingerprint density at radius 3 is 2.72 bits per heavy atom. The van der Waals surface area contributed by atoms with Crippen LogP contribution in [0.4, 0.5) is 0 Å². The first-order valence-corrected chi connectivity index (χ1v) is 7.75. The molecular formula is C14H21NO2S. The molecule has 0 aromatic heterocycles. The van der Waals surface area contributed by atoms with Gasteiger partial charge in [0.2, 0.25) is 0 Å². The number of hydrogen-bond donors (Lipinski definition) is 2. The fourth-order valence-corrected chi connectivity index (χ4v) is 2.96. The summed E-state index contributed by atoms with van der Waals surface area (Å²) in [7, 11) is -1.12. The minimum Gasteiger partial charge on any atom is -0.391 e. The topological polar surface area (TPSA) is 49.3 Å². The summed E-state index contributed by atoms with van der Waals surface area (Å²) in [5, 5.41) is 13.1. The second-order valence-corrected chi connectivity index (χ2v) is 6.59. The van der Waals surface area contributed by atoms with E-state index in [0.717, 1.165) is 10.5 Å². The lowest BCUT2D eigenvalue weighted by atomic mass is 10.1. The molecule has 0 aliphatic heterocycles. The van der Waals surface area contributed by atoms with Crippen LogP contribution in [0.15, 0.2) is 23.1 Å². The maximum Gasteiger partial charge on any atom is 0.0783 e. The Balaban J connectivity index is 1.87. The summed E-state index contributed by atoms with van der Waals surface area (Å²) in [5.41, 5.74) is 2.35. The Bertz CT molecular complexity index is 443. The van der Waals surface area contributed by atoms with Gasteiger partial charge >= 0.3 is 0 Å². The van der Waals surface area contributed by atoms with Gasteiger partial charge in [0, 0.05) is 17.5 Å². The summed E-state index contributed by atoms with van der Waals surface area (Å²) in [6, 6.07) is 6.40. The fraction of sp³-hybridized carbons (Fsp3) is 0.571. The Kier molecular flexibility index (Phi) is 4.54. The van der Waals surface area contributed by atoms with Gasteiger partial charge < -0.3 is 10.4 Å². The second kappa shape index (κ2) is 5.95. The quantitative estimate of drug-likeness (QED) is 0.821. The van der Waals surface area contributed by atoms with Crippen molar-refractivity contribution in [3.63, 3.8) is 0 Å². The van der Waals surface area contributed by atoms with Crippen molar-refractivity contribution in [1.82, 2.24) is 5.32 Å². The average molecular weight is 267 g/mol. The van der Waals surface area contributed by atoms with Gasteiger partial charge in [-0.15, -0.1) is 0 Å².